The van der Waals surface area contributed by atoms with Crippen LogP contribution in [0.15, 0.2) is 18.2 Å². The SMILES string of the molecule is NC1CCC(F)(c2cccc3c2OCCC3)C1. The van der Waals surface area contributed by atoms with Gasteiger partial charge in [-0.25, -0.2) is 4.39 Å². The highest BCUT2D eigenvalue weighted by Gasteiger charge is 2.42. The molecule has 1 aliphatic carbocycles. The van der Waals surface area contributed by atoms with Crippen LogP contribution in [0.2, 0.25) is 0 Å². The van der Waals surface area contributed by atoms with E-state index in [4.69, 9.17) is 10.5 Å². The highest BCUT2D eigenvalue weighted by molar-refractivity contribution is 5.46. The van der Waals surface area contributed by atoms with E-state index in [1.165, 1.54) is 0 Å². The molecule has 0 aromatic heterocycles. The van der Waals surface area contributed by atoms with Gasteiger partial charge >= 0.3 is 0 Å². The van der Waals surface area contributed by atoms with Gasteiger partial charge in [-0.05, 0) is 31.2 Å². The van der Waals surface area contributed by atoms with Crippen LogP contribution in [-0.2, 0) is 12.1 Å². The number of nitrogens with two attached hydrogens (primary N) is 1. The zero-order valence-corrected chi connectivity index (χ0v) is 9.92. The molecule has 1 aromatic rings. The number of para-hydroxylation sites is 1. The number of fused-ring (bicyclic) bond motifs is 1. The zero-order chi connectivity index (χ0) is 11.9. The lowest BCUT2D eigenvalue weighted by atomic mass is 9.89. The molecule has 0 saturated heterocycles. The summed E-state index contributed by atoms with van der Waals surface area (Å²) < 4.78 is 20.6. The molecule has 1 saturated carbocycles. The number of alkyl halides is 1. The van der Waals surface area contributed by atoms with E-state index in [2.05, 4.69) is 0 Å². The molecule has 1 aromatic carbocycles. The number of hydrogen-bond acceptors (Lipinski definition) is 2. The van der Waals surface area contributed by atoms with Gasteiger partial charge in [-0.3, -0.25) is 0 Å². The Balaban J connectivity index is 2.03. The largest absolute Gasteiger partial charge is 0.493 e. The minimum Gasteiger partial charge on any atom is -0.493 e. The Hall–Kier alpha value is -1.09. The molecule has 92 valence electrons. The van der Waals surface area contributed by atoms with Crippen molar-refractivity contribution in [3.8, 4) is 5.75 Å². The van der Waals surface area contributed by atoms with E-state index < -0.39 is 5.67 Å². The summed E-state index contributed by atoms with van der Waals surface area (Å²) in [6, 6.07) is 5.83. The van der Waals surface area contributed by atoms with Crippen LogP contribution in [0.5, 0.6) is 5.75 Å². The molecule has 17 heavy (non-hydrogen) atoms. The van der Waals surface area contributed by atoms with Crippen LogP contribution in [0.4, 0.5) is 4.39 Å². The maximum Gasteiger partial charge on any atom is 0.141 e. The Kier molecular flexibility index (Phi) is 2.58. The van der Waals surface area contributed by atoms with Crippen molar-refractivity contribution in [3.63, 3.8) is 0 Å². The van der Waals surface area contributed by atoms with Gasteiger partial charge in [0.25, 0.3) is 0 Å². The average Bonchev–Trinajstić information content (AvgIpc) is 2.70. The first-order valence-corrected chi connectivity index (χ1v) is 6.39. The Labute approximate surface area is 101 Å². The summed E-state index contributed by atoms with van der Waals surface area (Å²) in [5.74, 6) is 0.787. The smallest absolute Gasteiger partial charge is 0.141 e. The van der Waals surface area contributed by atoms with Gasteiger partial charge in [0.1, 0.15) is 11.4 Å². The number of halogens is 1. The Morgan fingerprint density at radius 2 is 2.29 bits per heavy atom. The van der Waals surface area contributed by atoms with Crippen molar-refractivity contribution in [3.05, 3.63) is 29.3 Å². The molecule has 3 rings (SSSR count). The molecule has 2 N–H and O–H groups in total. The summed E-state index contributed by atoms with van der Waals surface area (Å²) in [6.07, 6.45) is 3.72. The molecule has 3 heteroatoms. The molecule has 1 aliphatic heterocycles. The van der Waals surface area contributed by atoms with E-state index in [1.807, 2.05) is 18.2 Å². The zero-order valence-electron chi connectivity index (χ0n) is 9.92. The van der Waals surface area contributed by atoms with Gasteiger partial charge in [-0.1, -0.05) is 18.2 Å². The lowest BCUT2D eigenvalue weighted by Crippen LogP contribution is -2.23. The van der Waals surface area contributed by atoms with Crippen LogP contribution in [0.3, 0.4) is 0 Å². The molecule has 1 heterocycles. The number of hydrogen-bond donors (Lipinski definition) is 1. The third-order valence-corrected chi connectivity index (χ3v) is 3.91. The first-order valence-electron chi connectivity index (χ1n) is 6.39. The van der Waals surface area contributed by atoms with Crippen molar-refractivity contribution in [2.24, 2.45) is 5.73 Å². The Morgan fingerprint density at radius 3 is 3.06 bits per heavy atom. The molecular formula is C14H18FNO. The van der Waals surface area contributed by atoms with E-state index >= 15 is 0 Å². The fraction of sp³-hybridized carbons (Fsp3) is 0.571. The van der Waals surface area contributed by atoms with E-state index in [0.717, 1.165) is 36.1 Å². The van der Waals surface area contributed by atoms with Crippen LogP contribution in [0, 0.1) is 0 Å². The van der Waals surface area contributed by atoms with Crippen LogP contribution in [0.1, 0.15) is 36.8 Å². The number of benzene rings is 1. The summed E-state index contributed by atoms with van der Waals surface area (Å²) >= 11 is 0. The average molecular weight is 235 g/mol. The first-order chi connectivity index (χ1) is 8.19. The van der Waals surface area contributed by atoms with Crippen LogP contribution in [-0.4, -0.2) is 12.6 Å². The van der Waals surface area contributed by atoms with E-state index in [1.54, 1.807) is 0 Å². The molecule has 2 nitrogen and oxygen atoms in total. The van der Waals surface area contributed by atoms with Gasteiger partial charge in [0.2, 0.25) is 0 Å². The van der Waals surface area contributed by atoms with Crippen molar-refractivity contribution >= 4 is 0 Å². The van der Waals surface area contributed by atoms with E-state index in [-0.39, 0.29) is 6.04 Å². The third kappa shape index (κ3) is 1.82. The number of ether oxygens (including phenoxy) is 1. The predicted molar refractivity (Wildman–Crippen MR) is 64.9 cm³/mol. The maximum absolute atomic E-state index is 14.9. The molecule has 2 atom stereocenters. The summed E-state index contributed by atoms with van der Waals surface area (Å²) in [6.45, 7) is 0.701. The normalized spacial score (nSPS) is 32.0. The van der Waals surface area contributed by atoms with Gasteiger partial charge in [0.05, 0.1) is 6.61 Å². The molecule has 2 aliphatic rings. The van der Waals surface area contributed by atoms with Gasteiger partial charge in [-0.15, -0.1) is 0 Å². The fourth-order valence-electron chi connectivity index (χ4n) is 3.02. The van der Waals surface area contributed by atoms with Gasteiger partial charge in [0, 0.05) is 18.0 Å². The molecule has 0 bridgehead atoms. The highest BCUT2D eigenvalue weighted by Crippen LogP contribution is 2.47. The minimum absolute atomic E-state index is 0.0144. The fourth-order valence-corrected chi connectivity index (χ4v) is 3.02. The predicted octanol–water partition coefficient (Wildman–Crippen LogP) is 2.69. The number of rotatable bonds is 1. The highest BCUT2D eigenvalue weighted by atomic mass is 19.1. The summed E-state index contributed by atoms with van der Waals surface area (Å²) in [4.78, 5) is 0. The first kappa shape index (κ1) is 11.0. The topological polar surface area (TPSA) is 35.2 Å². The van der Waals surface area contributed by atoms with Crippen molar-refractivity contribution < 1.29 is 9.13 Å². The second kappa shape index (κ2) is 3.98. The molecule has 0 amide bonds. The second-order valence-electron chi connectivity index (χ2n) is 5.21. The molecule has 0 radical (unpaired) electrons. The molecule has 0 spiro atoms. The van der Waals surface area contributed by atoms with Gasteiger partial charge in [-0.2, -0.15) is 0 Å². The van der Waals surface area contributed by atoms with Gasteiger partial charge < -0.3 is 10.5 Å². The van der Waals surface area contributed by atoms with Crippen LogP contribution >= 0.6 is 0 Å². The Bertz CT molecular complexity index is 434. The number of aryl methyl sites for hydroxylation is 1. The van der Waals surface area contributed by atoms with Crippen molar-refractivity contribution in [1.29, 1.82) is 0 Å². The van der Waals surface area contributed by atoms with Crippen molar-refractivity contribution in [2.75, 3.05) is 6.61 Å². The van der Waals surface area contributed by atoms with Crippen LogP contribution < -0.4 is 10.5 Å². The maximum atomic E-state index is 14.9. The molecule has 1 fully saturated rings. The molecular weight excluding hydrogens is 217 g/mol. The minimum atomic E-state index is -1.28. The van der Waals surface area contributed by atoms with Crippen LogP contribution in [0.25, 0.3) is 0 Å². The summed E-state index contributed by atoms with van der Waals surface area (Å²) in [7, 11) is 0. The van der Waals surface area contributed by atoms with Gasteiger partial charge in [0.15, 0.2) is 0 Å². The second-order valence-corrected chi connectivity index (χ2v) is 5.21. The standard InChI is InChI=1S/C14H18FNO/c15-14(7-6-11(16)9-14)12-5-1-3-10-4-2-8-17-13(10)12/h1,3,5,11H,2,4,6-9,16H2. The van der Waals surface area contributed by atoms with Crippen molar-refractivity contribution in [1.82, 2.24) is 0 Å². The molecule has 2 unspecified atom stereocenters. The Morgan fingerprint density at radius 1 is 1.41 bits per heavy atom. The quantitative estimate of drug-likeness (QED) is 0.812. The summed E-state index contributed by atoms with van der Waals surface area (Å²) in [5.41, 5.74) is 6.44. The monoisotopic (exact) mass is 235 g/mol. The van der Waals surface area contributed by atoms with E-state index in [0.29, 0.717) is 19.4 Å². The summed E-state index contributed by atoms with van der Waals surface area (Å²) in [5, 5.41) is 0. The van der Waals surface area contributed by atoms with E-state index in [9.17, 15) is 4.39 Å². The lowest BCUT2D eigenvalue weighted by Gasteiger charge is -2.27. The van der Waals surface area contributed by atoms with Crippen molar-refractivity contribution in [2.45, 2.75) is 43.8 Å². The third-order valence-electron chi connectivity index (χ3n) is 3.91. The lowest BCUT2D eigenvalue weighted by molar-refractivity contribution is 0.161.